The minimum atomic E-state index is -3.89. The van der Waals surface area contributed by atoms with Crippen molar-refractivity contribution < 1.29 is 22.7 Å². The van der Waals surface area contributed by atoms with Crippen molar-refractivity contribution in [3.05, 3.63) is 58.1 Å². The van der Waals surface area contributed by atoms with Gasteiger partial charge in [-0.15, -0.1) is 0 Å². The summed E-state index contributed by atoms with van der Waals surface area (Å²) in [6.45, 7) is -0.571. The summed E-state index contributed by atoms with van der Waals surface area (Å²) >= 11 is 11.5. The van der Waals surface area contributed by atoms with E-state index in [9.17, 15) is 18.0 Å². The monoisotopic (exact) mass is 402 g/mol. The first-order chi connectivity index (χ1) is 11.7. The maximum Gasteiger partial charge on any atom is 0.338 e. The van der Waals surface area contributed by atoms with Crippen LogP contribution in [0.25, 0.3) is 0 Å². The molecule has 0 atom stereocenters. The Morgan fingerprint density at radius 3 is 2.44 bits per heavy atom. The molecular weight excluding hydrogens is 391 g/mol. The molecule has 0 bridgehead atoms. The minimum absolute atomic E-state index is 0.137. The van der Waals surface area contributed by atoms with Gasteiger partial charge >= 0.3 is 5.97 Å². The standard InChI is InChI=1S/C15H12Cl2N2O5S/c16-12-5-4-9(6-13(12)17)15(21)24-8-14(20)19-10-2-1-3-11(7-10)25(18,22)23/h1-7H,8H2,(H,19,20)(H2,18,22,23). The molecule has 0 saturated carbocycles. The normalized spacial score (nSPS) is 11.0. The van der Waals surface area contributed by atoms with Crippen LogP contribution in [-0.2, 0) is 19.6 Å². The third-order valence-corrected chi connectivity index (χ3v) is 4.59. The van der Waals surface area contributed by atoms with E-state index >= 15 is 0 Å². The van der Waals surface area contributed by atoms with Gasteiger partial charge in [-0.05, 0) is 36.4 Å². The SMILES string of the molecule is NS(=O)(=O)c1cccc(NC(=O)COC(=O)c2ccc(Cl)c(Cl)c2)c1. The number of ether oxygens (including phenoxy) is 1. The Morgan fingerprint density at radius 2 is 1.80 bits per heavy atom. The van der Waals surface area contributed by atoms with Gasteiger partial charge in [0.25, 0.3) is 5.91 Å². The molecule has 0 aliphatic carbocycles. The fourth-order valence-electron chi connectivity index (χ4n) is 1.79. The molecule has 10 heteroatoms. The van der Waals surface area contributed by atoms with Crippen LogP contribution in [0.5, 0.6) is 0 Å². The average molecular weight is 403 g/mol. The summed E-state index contributed by atoms with van der Waals surface area (Å²) in [6.07, 6.45) is 0. The molecule has 2 aromatic rings. The Balaban J connectivity index is 1.96. The van der Waals surface area contributed by atoms with Gasteiger partial charge in [0.15, 0.2) is 6.61 Å². The molecular formula is C15H12Cl2N2O5S. The number of nitrogens with one attached hydrogen (secondary N) is 1. The molecule has 0 spiro atoms. The Labute approximate surface area is 153 Å². The summed E-state index contributed by atoms with van der Waals surface area (Å²) in [5, 5.41) is 7.87. The molecule has 0 aliphatic rings. The Hall–Kier alpha value is -2.13. The van der Waals surface area contributed by atoms with Gasteiger partial charge in [-0.3, -0.25) is 4.79 Å². The third kappa shape index (κ3) is 5.43. The first-order valence-corrected chi connectivity index (χ1v) is 9.02. The van der Waals surface area contributed by atoms with Crippen molar-refractivity contribution in [3.63, 3.8) is 0 Å². The molecule has 2 aromatic carbocycles. The molecule has 0 saturated heterocycles. The number of hydrogen-bond donors (Lipinski definition) is 2. The number of benzene rings is 2. The number of esters is 1. The number of primary sulfonamides is 1. The molecule has 2 rings (SSSR count). The first-order valence-electron chi connectivity index (χ1n) is 6.72. The number of amides is 1. The van der Waals surface area contributed by atoms with E-state index in [2.05, 4.69) is 5.32 Å². The Kier molecular flexibility index (Phi) is 6.02. The van der Waals surface area contributed by atoms with Crippen molar-refractivity contribution in [1.29, 1.82) is 0 Å². The molecule has 0 aromatic heterocycles. The average Bonchev–Trinajstić information content (AvgIpc) is 2.54. The van der Waals surface area contributed by atoms with Gasteiger partial charge < -0.3 is 10.1 Å². The third-order valence-electron chi connectivity index (χ3n) is 2.94. The summed E-state index contributed by atoms with van der Waals surface area (Å²) in [6, 6.07) is 9.51. The number of carbonyl (C=O) groups excluding carboxylic acids is 2. The number of sulfonamides is 1. The predicted octanol–water partition coefficient (Wildman–Crippen LogP) is 2.44. The topological polar surface area (TPSA) is 116 Å². The van der Waals surface area contributed by atoms with Crippen LogP contribution in [0.4, 0.5) is 5.69 Å². The van der Waals surface area contributed by atoms with E-state index in [1.165, 1.54) is 42.5 Å². The summed E-state index contributed by atoms with van der Waals surface area (Å²) in [5.41, 5.74) is 0.334. The van der Waals surface area contributed by atoms with E-state index < -0.39 is 28.5 Å². The zero-order valence-corrected chi connectivity index (χ0v) is 14.9. The number of carbonyl (C=O) groups is 2. The van der Waals surface area contributed by atoms with Crippen LogP contribution in [0.1, 0.15) is 10.4 Å². The highest BCUT2D eigenvalue weighted by Gasteiger charge is 2.13. The summed E-state index contributed by atoms with van der Waals surface area (Å²) in [5.74, 6) is -1.41. The molecule has 0 unspecified atom stereocenters. The summed E-state index contributed by atoms with van der Waals surface area (Å²) < 4.78 is 27.4. The highest BCUT2D eigenvalue weighted by Crippen LogP contribution is 2.23. The lowest BCUT2D eigenvalue weighted by atomic mass is 10.2. The zero-order valence-electron chi connectivity index (χ0n) is 12.5. The van der Waals surface area contributed by atoms with Gasteiger partial charge in [-0.1, -0.05) is 29.3 Å². The van der Waals surface area contributed by atoms with E-state index in [4.69, 9.17) is 33.1 Å². The molecule has 0 radical (unpaired) electrons. The first kappa shape index (κ1) is 19.2. The highest BCUT2D eigenvalue weighted by molar-refractivity contribution is 7.89. The van der Waals surface area contributed by atoms with Gasteiger partial charge in [0.2, 0.25) is 10.0 Å². The quantitative estimate of drug-likeness (QED) is 0.744. The van der Waals surface area contributed by atoms with Gasteiger partial charge in [-0.25, -0.2) is 18.4 Å². The van der Waals surface area contributed by atoms with Crippen LogP contribution in [0.3, 0.4) is 0 Å². The van der Waals surface area contributed by atoms with Gasteiger partial charge in [-0.2, -0.15) is 0 Å². The predicted molar refractivity (Wildman–Crippen MR) is 93.2 cm³/mol. The molecule has 3 N–H and O–H groups in total. The smallest absolute Gasteiger partial charge is 0.338 e. The molecule has 25 heavy (non-hydrogen) atoms. The second-order valence-electron chi connectivity index (χ2n) is 4.83. The fraction of sp³-hybridized carbons (Fsp3) is 0.0667. The van der Waals surface area contributed by atoms with Crippen molar-refractivity contribution in [1.82, 2.24) is 0 Å². The van der Waals surface area contributed by atoms with Crippen molar-refractivity contribution in [2.75, 3.05) is 11.9 Å². The van der Waals surface area contributed by atoms with Crippen molar-refractivity contribution >= 4 is 50.8 Å². The lowest BCUT2D eigenvalue weighted by molar-refractivity contribution is -0.119. The second kappa shape index (κ2) is 7.83. The van der Waals surface area contributed by atoms with Crippen LogP contribution in [0, 0.1) is 0 Å². The maximum absolute atomic E-state index is 11.9. The van der Waals surface area contributed by atoms with Gasteiger partial charge in [0.05, 0.1) is 20.5 Å². The number of anilines is 1. The molecule has 0 fully saturated rings. The molecule has 132 valence electrons. The van der Waals surface area contributed by atoms with Crippen molar-refractivity contribution in [3.8, 4) is 0 Å². The molecule has 1 amide bonds. The van der Waals surface area contributed by atoms with E-state index in [0.717, 1.165) is 0 Å². The van der Waals surface area contributed by atoms with Gasteiger partial charge in [0, 0.05) is 5.69 Å². The number of hydrogen-bond acceptors (Lipinski definition) is 5. The van der Waals surface area contributed by atoms with Crippen molar-refractivity contribution in [2.45, 2.75) is 4.90 Å². The molecule has 0 aliphatic heterocycles. The van der Waals surface area contributed by atoms with Crippen LogP contribution in [0.15, 0.2) is 47.4 Å². The van der Waals surface area contributed by atoms with E-state index in [1.807, 2.05) is 0 Å². The van der Waals surface area contributed by atoms with E-state index in [0.29, 0.717) is 0 Å². The lowest BCUT2D eigenvalue weighted by Crippen LogP contribution is -2.21. The Bertz CT molecular complexity index is 931. The summed E-state index contributed by atoms with van der Waals surface area (Å²) in [7, 11) is -3.89. The molecule has 0 heterocycles. The summed E-state index contributed by atoms with van der Waals surface area (Å²) in [4.78, 5) is 23.5. The highest BCUT2D eigenvalue weighted by atomic mass is 35.5. The Morgan fingerprint density at radius 1 is 1.08 bits per heavy atom. The van der Waals surface area contributed by atoms with Crippen LogP contribution in [-0.4, -0.2) is 26.9 Å². The van der Waals surface area contributed by atoms with Crippen LogP contribution >= 0.6 is 23.2 Å². The number of rotatable bonds is 5. The van der Waals surface area contributed by atoms with Crippen LogP contribution < -0.4 is 10.5 Å². The molecule has 7 nitrogen and oxygen atoms in total. The number of halogens is 2. The maximum atomic E-state index is 11.9. The van der Waals surface area contributed by atoms with E-state index in [1.54, 1.807) is 0 Å². The second-order valence-corrected chi connectivity index (χ2v) is 7.20. The van der Waals surface area contributed by atoms with Crippen molar-refractivity contribution in [2.24, 2.45) is 5.14 Å². The largest absolute Gasteiger partial charge is 0.452 e. The lowest BCUT2D eigenvalue weighted by Gasteiger charge is -2.08. The fourth-order valence-corrected chi connectivity index (χ4v) is 2.64. The van der Waals surface area contributed by atoms with E-state index in [-0.39, 0.29) is 26.2 Å². The number of nitrogens with two attached hydrogens (primary N) is 1. The zero-order chi connectivity index (χ0) is 18.6. The van der Waals surface area contributed by atoms with Gasteiger partial charge in [0.1, 0.15) is 0 Å². The van der Waals surface area contributed by atoms with Crippen LogP contribution in [0.2, 0.25) is 10.0 Å². The minimum Gasteiger partial charge on any atom is -0.452 e.